The Hall–Kier alpha value is -2.08. The van der Waals surface area contributed by atoms with Crippen molar-refractivity contribution >= 4 is 34.9 Å². The summed E-state index contributed by atoms with van der Waals surface area (Å²) in [6.07, 6.45) is 2.47. The van der Waals surface area contributed by atoms with Crippen LogP contribution in [0.3, 0.4) is 0 Å². The maximum Gasteiger partial charge on any atom is 0.293 e. The van der Waals surface area contributed by atoms with Gasteiger partial charge in [-0.1, -0.05) is 44.2 Å². The Kier molecular flexibility index (Phi) is 5.98. The van der Waals surface area contributed by atoms with Crippen molar-refractivity contribution in [2.45, 2.75) is 20.3 Å². The summed E-state index contributed by atoms with van der Waals surface area (Å²) < 4.78 is 0. The Balaban J connectivity index is 1.94. The second kappa shape index (κ2) is 7.97. The van der Waals surface area contributed by atoms with Gasteiger partial charge in [-0.3, -0.25) is 19.3 Å². The van der Waals surface area contributed by atoms with Crippen molar-refractivity contribution in [2.75, 3.05) is 13.1 Å². The van der Waals surface area contributed by atoms with E-state index in [1.165, 1.54) is 4.90 Å². The summed E-state index contributed by atoms with van der Waals surface area (Å²) in [4.78, 5) is 37.5. The van der Waals surface area contributed by atoms with E-state index in [2.05, 4.69) is 5.32 Å². The van der Waals surface area contributed by atoms with Gasteiger partial charge in [0.05, 0.1) is 4.91 Å². The molecule has 23 heavy (non-hydrogen) atoms. The van der Waals surface area contributed by atoms with Crippen LogP contribution in [0.15, 0.2) is 35.2 Å². The fourth-order valence-corrected chi connectivity index (χ4v) is 2.91. The first-order valence-electron chi connectivity index (χ1n) is 7.61. The molecule has 1 atom stereocenters. The van der Waals surface area contributed by atoms with Crippen molar-refractivity contribution in [1.82, 2.24) is 10.2 Å². The number of hydrogen-bond acceptors (Lipinski definition) is 4. The van der Waals surface area contributed by atoms with Crippen molar-refractivity contribution in [3.05, 3.63) is 40.8 Å². The van der Waals surface area contributed by atoms with E-state index in [0.29, 0.717) is 4.91 Å². The summed E-state index contributed by atoms with van der Waals surface area (Å²) in [6, 6.07) is 9.39. The fourth-order valence-electron chi connectivity index (χ4n) is 2.04. The van der Waals surface area contributed by atoms with Crippen LogP contribution in [0.5, 0.6) is 0 Å². The number of hydrogen-bond donors (Lipinski definition) is 1. The second-order valence-corrected chi connectivity index (χ2v) is 6.34. The summed E-state index contributed by atoms with van der Waals surface area (Å²) in [6.45, 7) is 4.26. The van der Waals surface area contributed by atoms with Gasteiger partial charge in [-0.15, -0.1) is 0 Å². The Morgan fingerprint density at radius 1 is 1.30 bits per heavy atom. The molecule has 0 radical (unpaired) electrons. The predicted molar refractivity (Wildman–Crippen MR) is 91.6 cm³/mol. The highest BCUT2D eigenvalue weighted by molar-refractivity contribution is 8.18. The number of nitrogens with one attached hydrogen (secondary N) is 1. The molecular formula is C17H20N2O3S. The number of thioether (sulfide) groups is 1. The van der Waals surface area contributed by atoms with Crippen LogP contribution >= 0.6 is 11.8 Å². The largest absolute Gasteiger partial charge is 0.354 e. The van der Waals surface area contributed by atoms with E-state index in [9.17, 15) is 14.4 Å². The Labute approximate surface area is 140 Å². The number of benzene rings is 1. The van der Waals surface area contributed by atoms with Crippen LogP contribution in [0.2, 0.25) is 0 Å². The third kappa shape index (κ3) is 4.45. The van der Waals surface area contributed by atoms with E-state index < -0.39 is 0 Å². The topological polar surface area (TPSA) is 66.5 Å². The van der Waals surface area contributed by atoms with Gasteiger partial charge in [0.15, 0.2) is 0 Å². The molecule has 0 bridgehead atoms. The number of nitrogens with zero attached hydrogens (tertiary/aromatic N) is 1. The van der Waals surface area contributed by atoms with Crippen LogP contribution in [0.25, 0.3) is 6.08 Å². The molecule has 1 aliphatic heterocycles. The van der Waals surface area contributed by atoms with Gasteiger partial charge in [0.25, 0.3) is 11.1 Å². The molecule has 0 spiro atoms. The van der Waals surface area contributed by atoms with Crippen molar-refractivity contribution in [3.8, 4) is 0 Å². The van der Waals surface area contributed by atoms with Crippen LogP contribution in [0.4, 0.5) is 4.79 Å². The molecule has 1 saturated heterocycles. The molecule has 6 heteroatoms. The molecule has 1 aromatic carbocycles. The minimum atomic E-state index is -0.304. The lowest BCUT2D eigenvalue weighted by Crippen LogP contribution is -2.38. The first-order valence-corrected chi connectivity index (χ1v) is 8.42. The summed E-state index contributed by atoms with van der Waals surface area (Å²) in [5.74, 6) is -0.427. The number of carbonyl (C=O) groups is 3. The maximum atomic E-state index is 12.3. The standard InChI is InChI=1S/C17H20N2O3S/c1-3-12(2)15(20)18-9-10-19-16(21)14(23-17(19)22)11-13-7-5-4-6-8-13/h4-8,11-12H,3,9-10H2,1-2H3,(H,18,20). The minimum Gasteiger partial charge on any atom is -0.354 e. The van der Waals surface area contributed by atoms with E-state index in [1.807, 2.05) is 44.2 Å². The summed E-state index contributed by atoms with van der Waals surface area (Å²) >= 11 is 0.932. The monoisotopic (exact) mass is 332 g/mol. The predicted octanol–water partition coefficient (Wildman–Crippen LogP) is 2.89. The van der Waals surface area contributed by atoms with Crippen LogP contribution in [0.1, 0.15) is 25.8 Å². The molecule has 5 nitrogen and oxygen atoms in total. The number of carbonyl (C=O) groups excluding carboxylic acids is 3. The molecule has 0 aliphatic carbocycles. The zero-order valence-corrected chi connectivity index (χ0v) is 14.1. The van der Waals surface area contributed by atoms with Gasteiger partial charge < -0.3 is 5.32 Å². The number of rotatable bonds is 6. The molecule has 1 fully saturated rings. The third-order valence-corrected chi connectivity index (χ3v) is 4.57. The molecule has 1 heterocycles. The molecule has 0 saturated carbocycles. The molecule has 1 aromatic rings. The smallest absolute Gasteiger partial charge is 0.293 e. The summed E-state index contributed by atoms with van der Waals surface area (Å²) in [5, 5.41) is 2.46. The highest BCUT2D eigenvalue weighted by Gasteiger charge is 2.34. The summed E-state index contributed by atoms with van der Waals surface area (Å²) in [7, 11) is 0. The Bertz CT molecular complexity index is 628. The van der Waals surface area contributed by atoms with E-state index in [0.717, 1.165) is 23.7 Å². The van der Waals surface area contributed by atoms with Gasteiger partial charge in [0.2, 0.25) is 5.91 Å². The Morgan fingerprint density at radius 2 is 2.00 bits per heavy atom. The number of amides is 3. The quantitative estimate of drug-likeness (QED) is 0.814. The molecule has 1 unspecified atom stereocenters. The molecule has 2 rings (SSSR count). The van der Waals surface area contributed by atoms with Gasteiger partial charge >= 0.3 is 0 Å². The zero-order valence-electron chi connectivity index (χ0n) is 13.2. The Morgan fingerprint density at radius 3 is 2.65 bits per heavy atom. The van der Waals surface area contributed by atoms with Gasteiger partial charge in [-0.25, -0.2) is 0 Å². The highest BCUT2D eigenvalue weighted by Crippen LogP contribution is 2.31. The molecular weight excluding hydrogens is 312 g/mol. The van der Waals surface area contributed by atoms with Crippen molar-refractivity contribution in [2.24, 2.45) is 5.92 Å². The first-order chi connectivity index (χ1) is 11.0. The SMILES string of the molecule is CCC(C)C(=O)NCCN1C(=O)SC(=Cc2ccccc2)C1=O. The molecule has 1 N–H and O–H groups in total. The van der Waals surface area contributed by atoms with E-state index in [1.54, 1.807) is 6.08 Å². The number of imide groups is 1. The molecule has 122 valence electrons. The lowest BCUT2D eigenvalue weighted by Gasteiger charge is -2.14. The average Bonchev–Trinajstić information content (AvgIpc) is 2.82. The van der Waals surface area contributed by atoms with Crippen molar-refractivity contribution in [1.29, 1.82) is 0 Å². The third-order valence-electron chi connectivity index (χ3n) is 3.67. The van der Waals surface area contributed by atoms with Gasteiger partial charge in [-0.2, -0.15) is 0 Å². The normalized spacial score (nSPS) is 17.7. The lowest BCUT2D eigenvalue weighted by molar-refractivity contribution is -0.126. The van der Waals surface area contributed by atoms with E-state index >= 15 is 0 Å². The zero-order chi connectivity index (χ0) is 16.8. The maximum absolute atomic E-state index is 12.3. The fraction of sp³-hybridized carbons (Fsp3) is 0.353. The van der Waals surface area contributed by atoms with E-state index in [4.69, 9.17) is 0 Å². The van der Waals surface area contributed by atoms with Gasteiger partial charge in [0, 0.05) is 19.0 Å². The van der Waals surface area contributed by atoms with Crippen LogP contribution in [-0.4, -0.2) is 35.0 Å². The van der Waals surface area contributed by atoms with E-state index in [-0.39, 0.29) is 36.1 Å². The lowest BCUT2D eigenvalue weighted by atomic mass is 10.1. The van der Waals surface area contributed by atoms with Gasteiger partial charge in [0.1, 0.15) is 0 Å². The van der Waals surface area contributed by atoms with Crippen LogP contribution in [-0.2, 0) is 9.59 Å². The molecule has 0 aromatic heterocycles. The minimum absolute atomic E-state index is 0.0562. The highest BCUT2D eigenvalue weighted by atomic mass is 32.2. The van der Waals surface area contributed by atoms with Crippen molar-refractivity contribution in [3.63, 3.8) is 0 Å². The second-order valence-electron chi connectivity index (χ2n) is 5.34. The van der Waals surface area contributed by atoms with Crippen molar-refractivity contribution < 1.29 is 14.4 Å². The molecule has 1 aliphatic rings. The summed E-state index contributed by atoms with van der Waals surface area (Å²) in [5.41, 5.74) is 0.878. The van der Waals surface area contributed by atoms with Gasteiger partial charge in [-0.05, 0) is 29.8 Å². The average molecular weight is 332 g/mol. The first kappa shape index (κ1) is 17.3. The van der Waals surface area contributed by atoms with Crippen LogP contribution in [0, 0.1) is 5.92 Å². The molecule has 3 amide bonds. The van der Waals surface area contributed by atoms with Crippen LogP contribution < -0.4 is 5.32 Å².